The Balaban J connectivity index is 2.09. The van der Waals surface area contributed by atoms with Crippen molar-refractivity contribution in [3.63, 3.8) is 0 Å². The highest BCUT2D eigenvalue weighted by Gasteiger charge is 2.44. The Bertz CT molecular complexity index is 418. The molecule has 0 spiro atoms. The Hall–Kier alpha value is -0.903. The van der Waals surface area contributed by atoms with Crippen molar-refractivity contribution in [2.45, 2.75) is 32.2 Å². The standard InChI is InChI=1S/C15H22O2Si/c1-13(2)18(16-3,15-10-6-7-11-15)17-12-14-8-4-5-9-14/h4-8,10,13H,9,11-12H2,1-3H3. The molecule has 2 nitrogen and oxygen atoms in total. The molecular weight excluding hydrogens is 240 g/mol. The third kappa shape index (κ3) is 2.58. The van der Waals surface area contributed by atoms with Crippen molar-refractivity contribution in [3.8, 4) is 0 Å². The normalized spacial score (nSPS) is 21.3. The minimum absolute atomic E-state index is 0.420. The lowest BCUT2D eigenvalue weighted by Gasteiger charge is -2.34. The summed E-state index contributed by atoms with van der Waals surface area (Å²) in [5.74, 6) is 0. The van der Waals surface area contributed by atoms with Crippen LogP contribution in [0.1, 0.15) is 26.7 Å². The second kappa shape index (κ2) is 5.82. The fourth-order valence-electron chi connectivity index (χ4n) is 2.56. The van der Waals surface area contributed by atoms with Gasteiger partial charge in [-0.2, -0.15) is 0 Å². The van der Waals surface area contributed by atoms with Gasteiger partial charge >= 0.3 is 8.56 Å². The molecule has 1 atom stereocenters. The first-order chi connectivity index (χ1) is 8.69. The van der Waals surface area contributed by atoms with Gasteiger partial charge in [0, 0.05) is 12.7 Å². The van der Waals surface area contributed by atoms with E-state index in [1.807, 2.05) is 0 Å². The molecule has 3 heteroatoms. The highest BCUT2D eigenvalue weighted by molar-refractivity contribution is 6.76. The first-order valence-corrected chi connectivity index (χ1v) is 8.48. The summed E-state index contributed by atoms with van der Waals surface area (Å²) < 4.78 is 12.2. The van der Waals surface area contributed by atoms with E-state index in [0.29, 0.717) is 12.1 Å². The van der Waals surface area contributed by atoms with Gasteiger partial charge in [-0.15, -0.1) is 0 Å². The first-order valence-electron chi connectivity index (χ1n) is 6.59. The van der Waals surface area contributed by atoms with E-state index in [1.54, 1.807) is 7.11 Å². The first kappa shape index (κ1) is 13.5. The van der Waals surface area contributed by atoms with Crippen LogP contribution in [-0.4, -0.2) is 22.3 Å². The molecule has 0 aromatic carbocycles. The van der Waals surface area contributed by atoms with Gasteiger partial charge in [0.2, 0.25) is 0 Å². The summed E-state index contributed by atoms with van der Waals surface area (Å²) in [4.78, 5) is 0. The fourth-order valence-corrected chi connectivity index (χ4v) is 5.80. The molecule has 0 saturated heterocycles. The minimum atomic E-state index is -2.25. The summed E-state index contributed by atoms with van der Waals surface area (Å²) in [5.41, 5.74) is 1.76. The molecule has 0 aromatic rings. The molecule has 0 radical (unpaired) electrons. The number of allylic oxidation sites excluding steroid dienone is 7. The van der Waals surface area contributed by atoms with E-state index in [0.717, 1.165) is 12.8 Å². The number of rotatable bonds is 6. The van der Waals surface area contributed by atoms with Gasteiger partial charge in [-0.05, 0) is 23.6 Å². The average Bonchev–Trinajstić information content (AvgIpc) is 3.02. The van der Waals surface area contributed by atoms with Gasteiger partial charge in [0.05, 0.1) is 6.61 Å². The molecule has 0 aliphatic heterocycles. The average molecular weight is 262 g/mol. The lowest BCUT2D eigenvalue weighted by atomic mass is 10.3. The van der Waals surface area contributed by atoms with Crippen LogP contribution in [0, 0.1) is 0 Å². The van der Waals surface area contributed by atoms with E-state index >= 15 is 0 Å². The minimum Gasteiger partial charge on any atom is -0.394 e. The predicted octanol–water partition coefficient (Wildman–Crippen LogP) is 3.81. The van der Waals surface area contributed by atoms with Gasteiger partial charge in [0.25, 0.3) is 0 Å². The molecule has 0 fully saturated rings. The lowest BCUT2D eigenvalue weighted by Crippen LogP contribution is -2.47. The maximum absolute atomic E-state index is 6.31. The quantitative estimate of drug-likeness (QED) is 0.678. The predicted molar refractivity (Wildman–Crippen MR) is 77.5 cm³/mol. The summed E-state index contributed by atoms with van der Waals surface area (Å²) in [5, 5.41) is 1.35. The summed E-state index contributed by atoms with van der Waals surface area (Å²) >= 11 is 0. The molecule has 2 rings (SSSR count). The third-order valence-corrected chi connectivity index (χ3v) is 7.57. The zero-order valence-electron chi connectivity index (χ0n) is 11.5. The van der Waals surface area contributed by atoms with Crippen LogP contribution < -0.4 is 0 Å². The Morgan fingerprint density at radius 3 is 2.39 bits per heavy atom. The van der Waals surface area contributed by atoms with Crippen molar-refractivity contribution in [2.24, 2.45) is 0 Å². The van der Waals surface area contributed by atoms with Crippen LogP contribution in [0.3, 0.4) is 0 Å². The van der Waals surface area contributed by atoms with E-state index in [2.05, 4.69) is 50.3 Å². The fraction of sp³-hybridized carbons (Fsp3) is 0.467. The third-order valence-electron chi connectivity index (χ3n) is 3.60. The molecule has 0 amide bonds. The molecular formula is C15H22O2Si. The number of hydrogen-bond acceptors (Lipinski definition) is 2. The Labute approximate surface area is 111 Å². The van der Waals surface area contributed by atoms with E-state index in [1.165, 1.54) is 10.8 Å². The molecule has 0 aromatic heterocycles. The topological polar surface area (TPSA) is 18.5 Å². The largest absolute Gasteiger partial charge is 0.394 e. The van der Waals surface area contributed by atoms with Gasteiger partial charge in [0.15, 0.2) is 0 Å². The second-order valence-electron chi connectivity index (χ2n) is 5.10. The van der Waals surface area contributed by atoms with Crippen molar-refractivity contribution in [2.75, 3.05) is 13.7 Å². The molecule has 0 N–H and O–H groups in total. The van der Waals surface area contributed by atoms with E-state index < -0.39 is 8.56 Å². The highest BCUT2D eigenvalue weighted by atomic mass is 28.4. The van der Waals surface area contributed by atoms with E-state index in [4.69, 9.17) is 8.85 Å². The molecule has 0 bridgehead atoms. The molecule has 2 aliphatic rings. The van der Waals surface area contributed by atoms with E-state index in [-0.39, 0.29) is 0 Å². The Morgan fingerprint density at radius 2 is 1.89 bits per heavy atom. The summed E-state index contributed by atoms with van der Waals surface area (Å²) in [6.45, 7) is 5.11. The van der Waals surface area contributed by atoms with Gasteiger partial charge in [0.1, 0.15) is 0 Å². The van der Waals surface area contributed by atoms with Crippen molar-refractivity contribution < 1.29 is 8.85 Å². The van der Waals surface area contributed by atoms with E-state index in [9.17, 15) is 0 Å². The van der Waals surface area contributed by atoms with Crippen LogP contribution in [-0.2, 0) is 8.85 Å². The monoisotopic (exact) mass is 262 g/mol. The molecule has 18 heavy (non-hydrogen) atoms. The summed E-state index contributed by atoms with van der Waals surface area (Å²) in [6.07, 6.45) is 14.9. The molecule has 0 heterocycles. The smallest absolute Gasteiger partial charge is 0.371 e. The van der Waals surface area contributed by atoms with Crippen LogP contribution in [0.2, 0.25) is 5.54 Å². The van der Waals surface area contributed by atoms with Gasteiger partial charge in [-0.1, -0.05) is 50.3 Å². The van der Waals surface area contributed by atoms with Gasteiger partial charge < -0.3 is 8.85 Å². The Kier molecular flexibility index (Phi) is 4.38. The maximum Gasteiger partial charge on any atom is 0.371 e. The molecule has 98 valence electrons. The van der Waals surface area contributed by atoms with Crippen molar-refractivity contribution in [1.82, 2.24) is 0 Å². The summed E-state index contributed by atoms with van der Waals surface area (Å²) in [7, 11) is -0.453. The molecule has 0 saturated carbocycles. The highest BCUT2D eigenvalue weighted by Crippen LogP contribution is 2.35. The van der Waals surface area contributed by atoms with Crippen LogP contribution in [0.25, 0.3) is 0 Å². The SMILES string of the molecule is CO[Si](OCC1=CC=CC1)(C1=CC=CC1)C(C)C. The molecule has 1 unspecified atom stereocenters. The van der Waals surface area contributed by atoms with Gasteiger partial charge in [-0.3, -0.25) is 0 Å². The number of hydrogen-bond donors (Lipinski definition) is 0. The van der Waals surface area contributed by atoms with Crippen LogP contribution >= 0.6 is 0 Å². The van der Waals surface area contributed by atoms with Crippen LogP contribution in [0.4, 0.5) is 0 Å². The second-order valence-corrected chi connectivity index (χ2v) is 8.93. The lowest BCUT2D eigenvalue weighted by molar-refractivity contribution is 0.214. The Morgan fingerprint density at radius 1 is 1.17 bits per heavy atom. The van der Waals surface area contributed by atoms with Crippen molar-refractivity contribution in [1.29, 1.82) is 0 Å². The zero-order valence-corrected chi connectivity index (χ0v) is 12.5. The van der Waals surface area contributed by atoms with Gasteiger partial charge in [-0.25, -0.2) is 0 Å². The van der Waals surface area contributed by atoms with Crippen molar-refractivity contribution >= 4 is 8.56 Å². The van der Waals surface area contributed by atoms with Crippen LogP contribution in [0.5, 0.6) is 0 Å². The molecule has 2 aliphatic carbocycles. The van der Waals surface area contributed by atoms with Crippen LogP contribution in [0.15, 0.2) is 47.2 Å². The zero-order chi connectivity index (χ0) is 13.0. The van der Waals surface area contributed by atoms with Crippen molar-refractivity contribution in [3.05, 3.63) is 47.2 Å². The summed E-state index contributed by atoms with van der Waals surface area (Å²) in [6, 6.07) is 0. The maximum atomic E-state index is 6.31.